The predicted molar refractivity (Wildman–Crippen MR) is 95.9 cm³/mol. The zero-order valence-corrected chi connectivity index (χ0v) is 15.9. The van der Waals surface area contributed by atoms with Crippen LogP contribution >= 0.6 is 11.6 Å². The van der Waals surface area contributed by atoms with Gasteiger partial charge in [0.1, 0.15) is 0 Å². The van der Waals surface area contributed by atoms with Gasteiger partial charge in [0.05, 0.1) is 35.4 Å². The lowest BCUT2D eigenvalue weighted by Gasteiger charge is -2.23. The molecule has 0 aromatic heterocycles. The molecule has 2 rings (SSSR count). The average Bonchev–Trinajstić information content (AvgIpc) is 2.62. The van der Waals surface area contributed by atoms with Crippen molar-refractivity contribution in [3.8, 4) is 5.75 Å². The maximum atomic E-state index is 13.9. The van der Waals surface area contributed by atoms with Crippen molar-refractivity contribution in [2.45, 2.75) is 11.8 Å². The number of halogens is 2. The second-order valence-electron chi connectivity index (χ2n) is 5.12. The summed E-state index contributed by atoms with van der Waals surface area (Å²) >= 11 is 5.97. The molecule has 0 amide bonds. The highest BCUT2D eigenvalue weighted by molar-refractivity contribution is 7.92. The quantitative estimate of drug-likeness (QED) is 0.693. The molecule has 0 bridgehead atoms. The molecule has 2 aromatic rings. The minimum atomic E-state index is -4.07. The van der Waals surface area contributed by atoms with Crippen molar-refractivity contribution in [1.29, 1.82) is 0 Å². The third kappa shape index (κ3) is 3.76. The third-order valence-electron chi connectivity index (χ3n) is 3.64. The van der Waals surface area contributed by atoms with Crippen LogP contribution in [-0.2, 0) is 14.8 Å². The van der Waals surface area contributed by atoms with Gasteiger partial charge in [-0.2, -0.15) is 0 Å². The van der Waals surface area contributed by atoms with E-state index in [9.17, 15) is 17.6 Å². The highest BCUT2D eigenvalue weighted by Crippen LogP contribution is 2.29. The minimum Gasteiger partial charge on any atom is -0.494 e. The first-order valence-electron chi connectivity index (χ1n) is 7.50. The van der Waals surface area contributed by atoms with Gasteiger partial charge in [-0.25, -0.2) is 17.6 Å². The largest absolute Gasteiger partial charge is 0.494 e. The zero-order valence-electron chi connectivity index (χ0n) is 14.3. The highest BCUT2D eigenvalue weighted by Gasteiger charge is 2.26. The maximum Gasteiger partial charge on any atom is 0.339 e. The van der Waals surface area contributed by atoms with E-state index in [0.29, 0.717) is 0 Å². The number of esters is 1. The van der Waals surface area contributed by atoms with Crippen LogP contribution in [0, 0.1) is 5.82 Å². The van der Waals surface area contributed by atoms with Crippen molar-refractivity contribution >= 4 is 33.3 Å². The number of sulfonamides is 1. The summed E-state index contributed by atoms with van der Waals surface area (Å²) in [6, 6.07) is 7.53. The van der Waals surface area contributed by atoms with Crippen LogP contribution in [0.15, 0.2) is 41.3 Å². The molecule has 0 saturated carbocycles. The van der Waals surface area contributed by atoms with E-state index in [0.717, 1.165) is 10.4 Å². The molecule has 9 heteroatoms. The van der Waals surface area contributed by atoms with E-state index < -0.39 is 21.8 Å². The molecule has 26 heavy (non-hydrogen) atoms. The molecule has 0 fully saturated rings. The lowest BCUT2D eigenvalue weighted by atomic mass is 10.2. The Kier molecular flexibility index (Phi) is 6.09. The van der Waals surface area contributed by atoms with E-state index in [-0.39, 0.29) is 33.5 Å². The van der Waals surface area contributed by atoms with Gasteiger partial charge >= 0.3 is 5.97 Å². The molecule has 140 valence electrons. The molecule has 2 aromatic carbocycles. The van der Waals surface area contributed by atoms with Gasteiger partial charge in [0.2, 0.25) is 0 Å². The van der Waals surface area contributed by atoms with Crippen molar-refractivity contribution in [2.24, 2.45) is 0 Å². The fourth-order valence-electron chi connectivity index (χ4n) is 2.36. The van der Waals surface area contributed by atoms with Gasteiger partial charge in [0.25, 0.3) is 10.0 Å². The van der Waals surface area contributed by atoms with Crippen LogP contribution in [0.4, 0.5) is 10.1 Å². The molecular formula is C17H17ClFNO5S. The van der Waals surface area contributed by atoms with Gasteiger partial charge in [-0.05, 0) is 43.3 Å². The van der Waals surface area contributed by atoms with Crippen molar-refractivity contribution < 1.29 is 27.1 Å². The molecule has 0 saturated heterocycles. The van der Waals surface area contributed by atoms with E-state index >= 15 is 0 Å². The SMILES string of the molecule is CCN(c1ccc(Cl)c(C(=O)OC)c1)S(=O)(=O)c1ccc(OC)c(F)c1. The smallest absolute Gasteiger partial charge is 0.339 e. The normalized spacial score (nSPS) is 11.1. The first kappa shape index (κ1) is 20.0. The molecule has 0 N–H and O–H groups in total. The number of nitrogens with zero attached hydrogens (tertiary/aromatic N) is 1. The van der Waals surface area contributed by atoms with Crippen LogP contribution in [0.5, 0.6) is 5.75 Å². The van der Waals surface area contributed by atoms with Crippen molar-refractivity contribution in [1.82, 2.24) is 0 Å². The van der Waals surface area contributed by atoms with Crippen molar-refractivity contribution in [3.63, 3.8) is 0 Å². The second kappa shape index (κ2) is 7.92. The molecule has 0 aliphatic rings. The number of ether oxygens (including phenoxy) is 2. The first-order chi connectivity index (χ1) is 12.3. The van der Waals surface area contributed by atoms with Crippen LogP contribution in [0.1, 0.15) is 17.3 Å². The van der Waals surface area contributed by atoms with E-state index in [1.807, 2.05) is 0 Å². The van der Waals surface area contributed by atoms with Crippen LogP contribution in [0.2, 0.25) is 5.02 Å². The number of carbonyl (C=O) groups excluding carboxylic acids is 1. The summed E-state index contributed by atoms with van der Waals surface area (Å²) in [6.45, 7) is 1.67. The summed E-state index contributed by atoms with van der Waals surface area (Å²) < 4.78 is 50.3. The summed E-state index contributed by atoms with van der Waals surface area (Å²) in [7, 11) is -1.59. The highest BCUT2D eigenvalue weighted by atomic mass is 35.5. The molecule has 0 aliphatic carbocycles. The summed E-state index contributed by atoms with van der Waals surface area (Å²) in [5.74, 6) is -1.55. The van der Waals surface area contributed by atoms with E-state index in [4.69, 9.17) is 16.3 Å². The topological polar surface area (TPSA) is 72.9 Å². The zero-order chi connectivity index (χ0) is 19.5. The number of carbonyl (C=O) groups is 1. The summed E-state index contributed by atoms with van der Waals surface area (Å²) in [5, 5.41) is 0.129. The Balaban J connectivity index is 2.53. The second-order valence-corrected chi connectivity index (χ2v) is 7.39. The average molecular weight is 402 g/mol. The fraction of sp³-hybridized carbons (Fsp3) is 0.235. The standard InChI is InChI=1S/C17H17ClFNO5S/c1-4-20(11-5-7-14(18)13(9-11)17(21)25-3)26(22,23)12-6-8-16(24-2)15(19)10-12/h5-10H,4H2,1-3H3. The van der Waals surface area contributed by atoms with Crippen molar-refractivity contribution in [2.75, 3.05) is 25.1 Å². The number of hydrogen-bond acceptors (Lipinski definition) is 5. The monoisotopic (exact) mass is 401 g/mol. The number of benzene rings is 2. The van der Waals surface area contributed by atoms with Gasteiger partial charge in [-0.1, -0.05) is 11.6 Å². The first-order valence-corrected chi connectivity index (χ1v) is 9.32. The molecule has 0 aliphatic heterocycles. The third-order valence-corrected chi connectivity index (χ3v) is 5.87. The molecular weight excluding hydrogens is 385 g/mol. The Labute approximate surface area is 156 Å². The Hall–Kier alpha value is -2.32. The Morgan fingerprint density at radius 2 is 1.88 bits per heavy atom. The number of anilines is 1. The fourth-order valence-corrected chi connectivity index (χ4v) is 4.03. The van der Waals surface area contributed by atoms with Gasteiger partial charge in [-0.15, -0.1) is 0 Å². The van der Waals surface area contributed by atoms with Crippen LogP contribution in [0.25, 0.3) is 0 Å². The Morgan fingerprint density at radius 3 is 2.42 bits per heavy atom. The minimum absolute atomic E-state index is 0.0289. The van der Waals surface area contributed by atoms with Gasteiger partial charge in [0.15, 0.2) is 11.6 Å². The molecule has 0 atom stereocenters. The molecule has 6 nitrogen and oxygen atoms in total. The summed E-state index contributed by atoms with van der Waals surface area (Å²) in [4.78, 5) is 11.6. The van der Waals surface area contributed by atoms with E-state index in [1.54, 1.807) is 6.92 Å². The predicted octanol–water partition coefficient (Wildman–Crippen LogP) is 3.49. The summed E-state index contributed by atoms with van der Waals surface area (Å²) in [6.07, 6.45) is 0. The molecule has 0 heterocycles. The lowest BCUT2D eigenvalue weighted by Crippen LogP contribution is -2.31. The molecule has 0 unspecified atom stereocenters. The number of methoxy groups -OCH3 is 2. The van der Waals surface area contributed by atoms with Gasteiger partial charge in [-0.3, -0.25) is 4.31 Å². The van der Waals surface area contributed by atoms with Crippen LogP contribution in [0.3, 0.4) is 0 Å². The lowest BCUT2D eigenvalue weighted by molar-refractivity contribution is 0.0601. The van der Waals surface area contributed by atoms with E-state index in [2.05, 4.69) is 4.74 Å². The number of hydrogen-bond donors (Lipinski definition) is 0. The van der Waals surface area contributed by atoms with Crippen LogP contribution in [-0.4, -0.2) is 35.2 Å². The van der Waals surface area contributed by atoms with E-state index in [1.165, 1.54) is 44.6 Å². The van der Waals surface area contributed by atoms with Crippen molar-refractivity contribution in [3.05, 3.63) is 52.8 Å². The maximum absolute atomic E-state index is 13.9. The summed E-state index contributed by atoms with van der Waals surface area (Å²) in [5.41, 5.74) is 0.231. The molecule has 0 radical (unpaired) electrons. The number of rotatable bonds is 6. The van der Waals surface area contributed by atoms with Gasteiger partial charge in [0, 0.05) is 6.54 Å². The van der Waals surface area contributed by atoms with Crippen LogP contribution < -0.4 is 9.04 Å². The Bertz CT molecular complexity index is 933. The molecule has 0 spiro atoms. The Morgan fingerprint density at radius 1 is 1.19 bits per heavy atom. The van der Waals surface area contributed by atoms with Gasteiger partial charge < -0.3 is 9.47 Å².